The van der Waals surface area contributed by atoms with Gasteiger partial charge in [0.05, 0.1) is 13.2 Å². The van der Waals surface area contributed by atoms with Crippen LogP contribution in [0.1, 0.15) is 18.9 Å². The standard InChI is InChI=1S/C13H18N2OS/c1-3-12-8-14-13(17-12)15-11-6-4-5-10(7-11)9-16-2/h4-7,12H,3,8-9H2,1-2H3,(H,14,15). The number of methoxy groups -OCH3 is 1. The van der Waals surface area contributed by atoms with E-state index >= 15 is 0 Å². The fraction of sp³-hybridized carbons (Fsp3) is 0.462. The molecule has 1 unspecified atom stereocenters. The Balaban J connectivity index is 1.97. The minimum atomic E-state index is 0.639. The zero-order valence-corrected chi connectivity index (χ0v) is 11.1. The van der Waals surface area contributed by atoms with Crippen molar-refractivity contribution < 1.29 is 4.74 Å². The summed E-state index contributed by atoms with van der Waals surface area (Å²) in [5.41, 5.74) is 2.26. The van der Waals surface area contributed by atoms with Gasteiger partial charge in [0.15, 0.2) is 5.17 Å². The molecule has 0 spiro atoms. The third kappa shape index (κ3) is 3.48. The average molecular weight is 250 g/mol. The van der Waals surface area contributed by atoms with Gasteiger partial charge in [0.25, 0.3) is 0 Å². The van der Waals surface area contributed by atoms with Crippen LogP contribution in [0, 0.1) is 0 Å². The molecule has 1 aliphatic heterocycles. The van der Waals surface area contributed by atoms with Crippen LogP contribution in [-0.4, -0.2) is 24.1 Å². The molecule has 4 heteroatoms. The fourth-order valence-corrected chi connectivity index (χ4v) is 2.68. The largest absolute Gasteiger partial charge is 0.380 e. The van der Waals surface area contributed by atoms with Crippen LogP contribution in [0.3, 0.4) is 0 Å². The number of hydrogen-bond donors (Lipinski definition) is 1. The minimum absolute atomic E-state index is 0.639. The predicted molar refractivity (Wildman–Crippen MR) is 74.7 cm³/mol. The number of anilines is 1. The molecule has 0 aliphatic carbocycles. The summed E-state index contributed by atoms with van der Waals surface area (Å²) < 4.78 is 5.12. The second-order valence-electron chi connectivity index (χ2n) is 4.05. The van der Waals surface area contributed by atoms with Gasteiger partial charge in [-0.3, -0.25) is 4.99 Å². The molecular weight excluding hydrogens is 232 g/mol. The number of rotatable bonds is 4. The van der Waals surface area contributed by atoms with Crippen LogP contribution in [0.2, 0.25) is 0 Å². The van der Waals surface area contributed by atoms with Crippen LogP contribution in [0.15, 0.2) is 29.3 Å². The number of aliphatic imine (C=N–C) groups is 1. The third-order valence-corrected chi connectivity index (χ3v) is 3.93. The van der Waals surface area contributed by atoms with E-state index in [9.17, 15) is 0 Å². The Kier molecular flexibility index (Phi) is 4.45. The molecule has 3 nitrogen and oxygen atoms in total. The first-order valence-corrected chi connectivity index (χ1v) is 6.75. The summed E-state index contributed by atoms with van der Waals surface area (Å²) in [4.78, 5) is 4.50. The van der Waals surface area contributed by atoms with Crippen LogP contribution in [0.5, 0.6) is 0 Å². The SMILES string of the molecule is CCC1CN=C(Nc2cccc(COC)c2)S1. The predicted octanol–water partition coefficient (Wildman–Crippen LogP) is 3.13. The van der Waals surface area contributed by atoms with Gasteiger partial charge in [0.1, 0.15) is 0 Å². The Labute approximate surface area is 107 Å². The van der Waals surface area contributed by atoms with Crippen molar-refractivity contribution in [3.63, 3.8) is 0 Å². The lowest BCUT2D eigenvalue weighted by molar-refractivity contribution is 0.185. The molecule has 1 aromatic rings. The second-order valence-corrected chi connectivity index (χ2v) is 5.34. The van der Waals surface area contributed by atoms with Gasteiger partial charge >= 0.3 is 0 Å². The van der Waals surface area contributed by atoms with Crippen molar-refractivity contribution in [1.29, 1.82) is 0 Å². The molecule has 0 saturated carbocycles. The Morgan fingerprint density at radius 1 is 1.53 bits per heavy atom. The minimum Gasteiger partial charge on any atom is -0.380 e. The van der Waals surface area contributed by atoms with Gasteiger partial charge in [-0.05, 0) is 24.1 Å². The lowest BCUT2D eigenvalue weighted by atomic mass is 10.2. The zero-order chi connectivity index (χ0) is 12.1. The molecule has 1 atom stereocenters. The number of benzene rings is 1. The molecule has 0 saturated heterocycles. The molecule has 1 aromatic carbocycles. The zero-order valence-electron chi connectivity index (χ0n) is 10.3. The maximum absolute atomic E-state index is 5.12. The summed E-state index contributed by atoms with van der Waals surface area (Å²) in [5, 5.41) is 5.03. The first kappa shape index (κ1) is 12.5. The van der Waals surface area contributed by atoms with Gasteiger partial charge in [-0.15, -0.1) is 0 Å². The Morgan fingerprint density at radius 2 is 2.41 bits per heavy atom. The normalized spacial score (nSPS) is 19.2. The molecular formula is C13H18N2OS. The molecule has 0 fully saturated rings. The van der Waals surface area contributed by atoms with Crippen molar-refractivity contribution in [2.45, 2.75) is 25.2 Å². The van der Waals surface area contributed by atoms with Crippen LogP contribution in [0.25, 0.3) is 0 Å². The molecule has 1 N–H and O–H groups in total. The molecule has 17 heavy (non-hydrogen) atoms. The topological polar surface area (TPSA) is 33.6 Å². The van der Waals surface area contributed by atoms with Crippen LogP contribution >= 0.6 is 11.8 Å². The number of nitrogens with one attached hydrogen (secondary N) is 1. The molecule has 0 amide bonds. The summed E-state index contributed by atoms with van der Waals surface area (Å²) in [5.74, 6) is 0. The van der Waals surface area contributed by atoms with E-state index in [4.69, 9.17) is 4.74 Å². The van der Waals surface area contributed by atoms with E-state index < -0.39 is 0 Å². The number of amidine groups is 1. The quantitative estimate of drug-likeness (QED) is 0.891. The smallest absolute Gasteiger partial charge is 0.161 e. The summed E-state index contributed by atoms with van der Waals surface area (Å²) in [7, 11) is 1.71. The van der Waals surface area contributed by atoms with Crippen molar-refractivity contribution in [1.82, 2.24) is 0 Å². The number of thioether (sulfide) groups is 1. The first-order valence-electron chi connectivity index (χ1n) is 5.88. The molecule has 2 rings (SSSR count). The molecule has 0 aromatic heterocycles. The van der Waals surface area contributed by atoms with Crippen molar-refractivity contribution in [3.05, 3.63) is 29.8 Å². The molecule has 92 valence electrons. The van der Waals surface area contributed by atoms with E-state index in [1.54, 1.807) is 7.11 Å². The van der Waals surface area contributed by atoms with E-state index in [1.165, 1.54) is 12.0 Å². The van der Waals surface area contributed by atoms with Crippen LogP contribution in [0.4, 0.5) is 5.69 Å². The molecule has 0 bridgehead atoms. The van der Waals surface area contributed by atoms with Crippen molar-refractivity contribution in [3.8, 4) is 0 Å². The van der Waals surface area contributed by atoms with Gasteiger partial charge in [-0.25, -0.2) is 0 Å². The Bertz CT molecular complexity index is 406. The maximum atomic E-state index is 5.12. The van der Waals surface area contributed by atoms with Crippen molar-refractivity contribution in [2.75, 3.05) is 19.0 Å². The number of ether oxygens (including phenoxy) is 1. The van der Waals surface area contributed by atoms with E-state index in [0.29, 0.717) is 11.9 Å². The van der Waals surface area contributed by atoms with E-state index in [1.807, 2.05) is 17.8 Å². The van der Waals surface area contributed by atoms with Gasteiger partial charge in [-0.2, -0.15) is 0 Å². The maximum Gasteiger partial charge on any atom is 0.161 e. The highest BCUT2D eigenvalue weighted by Gasteiger charge is 2.17. The highest BCUT2D eigenvalue weighted by Crippen LogP contribution is 2.24. The number of hydrogen-bond acceptors (Lipinski definition) is 4. The molecule has 1 aliphatic rings. The van der Waals surface area contributed by atoms with E-state index in [2.05, 4.69) is 35.4 Å². The summed E-state index contributed by atoms with van der Waals surface area (Å²) in [6, 6.07) is 8.26. The van der Waals surface area contributed by atoms with Gasteiger partial charge in [0, 0.05) is 18.0 Å². The lowest BCUT2D eigenvalue weighted by Gasteiger charge is -2.08. The Morgan fingerprint density at radius 3 is 3.12 bits per heavy atom. The summed E-state index contributed by atoms with van der Waals surface area (Å²) >= 11 is 1.83. The van der Waals surface area contributed by atoms with E-state index in [0.717, 1.165) is 17.4 Å². The highest BCUT2D eigenvalue weighted by atomic mass is 32.2. The monoisotopic (exact) mass is 250 g/mol. The van der Waals surface area contributed by atoms with Crippen LogP contribution in [-0.2, 0) is 11.3 Å². The number of nitrogens with zero attached hydrogens (tertiary/aromatic N) is 1. The van der Waals surface area contributed by atoms with Gasteiger partial charge < -0.3 is 10.1 Å². The summed E-state index contributed by atoms with van der Waals surface area (Å²) in [6.45, 7) is 3.78. The lowest BCUT2D eigenvalue weighted by Crippen LogP contribution is -2.07. The van der Waals surface area contributed by atoms with Crippen molar-refractivity contribution >= 4 is 22.6 Å². The van der Waals surface area contributed by atoms with E-state index in [-0.39, 0.29) is 0 Å². The van der Waals surface area contributed by atoms with Gasteiger partial charge in [0.2, 0.25) is 0 Å². The van der Waals surface area contributed by atoms with Crippen molar-refractivity contribution in [2.24, 2.45) is 4.99 Å². The molecule has 1 heterocycles. The fourth-order valence-electron chi connectivity index (χ4n) is 1.73. The average Bonchev–Trinajstić information content (AvgIpc) is 2.78. The highest BCUT2D eigenvalue weighted by molar-refractivity contribution is 8.15. The second kappa shape index (κ2) is 6.07. The van der Waals surface area contributed by atoms with Gasteiger partial charge in [-0.1, -0.05) is 30.8 Å². The van der Waals surface area contributed by atoms with Crippen LogP contribution < -0.4 is 5.32 Å². The third-order valence-electron chi connectivity index (χ3n) is 2.66. The molecule has 0 radical (unpaired) electrons. The summed E-state index contributed by atoms with van der Waals surface area (Å²) in [6.07, 6.45) is 1.17. The Hall–Kier alpha value is -1.00. The first-order chi connectivity index (χ1) is 8.31.